The number of nitrogens with one attached hydrogen (secondary N) is 2. The van der Waals surface area contributed by atoms with Crippen LogP contribution in [0.5, 0.6) is 0 Å². The molecule has 0 aromatic carbocycles. The van der Waals surface area contributed by atoms with Crippen molar-refractivity contribution in [3.8, 4) is 0 Å². The molecule has 0 aliphatic carbocycles. The summed E-state index contributed by atoms with van der Waals surface area (Å²) in [6.45, 7) is 7.43. The van der Waals surface area contributed by atoms with Crippen LogP contribution < -0.4 is 16.4 Å². The number of carbonyl (C=O) groups excluding carboxylic acids is 1. The number of anilines is 2. The van der Waals surface area contributed by atoms with Crippen molar-refractivity contribution in [2.24, 2.45) is 5.92 Å². The molecule has 1 heterocycles. The first-order valence-electron chi connectivity index (χ1n) is 6.79. The highest BCUT2D eigenvalue weighted by Crippen LogP contribution is 2.25. The normalized spacial score (nSPS) is 12.4. The van der Waals surface area contributed by atoms with Gasteiger partial charge in [-0.15, -0.1) is 0 Å². The van der Waals surface area contributed by atoms with Crippen molar-refractivity contribution < 1.29 is 9.53 Å². The molecule has 0 saturated carbocycles. The van der Waals surface area contributed by atoms with Gasteiger partial charge in [0.15, 0.2) is 5.13 Å². The summed E-state index contributed by atoms with van der Waals surface area (Å²) in [5, 5.41) is 6.72. The summed E-state index contributed by atoms with van der Waals surface area (Å²) >= 11 is 1.27. The highest BCUT2D eigenvalue weighted by Gasteiger charge is 2.20. The molecular weight excluding hydrogens is 276 g/mol. The SMILES string of the molecule is CCC(NC(=O)c1sc(NCCOC)nc1N)C(C)C. The van der Waals surface area contributed by atoms with Crippen LogP contribution in [0.3, 0.4) is 0 Å². The van der Waals surface area contributed by atoms with Crippen LogP contribution in [-0.2, 0) is 4.74 Å². The van der Waals surface area contributed by atoms with Crippen LogP contribution in [0.4, 0.5) is 10.9 Å². The molecule has 4 N–H and O–H groups in total. The first-order valence-corrected chi connectivity index (χ1v) is 7.61. The summed E-state index contributed by atoms with van der Waals surface area (Å²) in [5.41, 5.74) is 5.81. The van der Waals surface area contributed by atoms with Crippen LogP contribution in [0, 0.1) is 5.92 Å². The Balaban J connectivity index is 2.68. The van der Waals surface area contributed by atoms with E-state index in [1.807, 2.05) is 0 Å². The van der Waals surface area contributed by atoms with Gasteiger partial charge in [0, 0.05) is 19.7 Å². The first-order chi connectivity index (χ1) is 9.49. The number of hydrogen-bond donors (Lipinski definition) is 3. The third-order valence-electron chi connectivity index (χ3n) is 3.00. The number of nitrogen functional groups attached to an aromatic ring is 1. The van der Waals surface area contributed by atoms with Gasteiger partial charge < -0.3 is 21.1 Å². The zero-order chi connectivity index (χ0) is 15.1. The lowest BCUT2D eigenvalue weighted by atomic mass is 10.0. The summed E-state index contributed by atoms with van der Waals surface area (Å²) in [6, 6.07) is 0.147. The Kier molecular flexibility index (Phi) is 6.74. The highest BCUT2D eigenvalue weighted by molar-refractivity contribution is 7.18. The van der Waals surface area contributed by atoms with Crippen molar-refractivity contribution in [1.82, 2.24) is 10.3 Å². The second kappa shape index (κ2) is 8.06. The lowest BCUT2D eigenvalue weighted by molar-refractivity contribution is 0.0929. The topological polar surface area (TPSA) is 89.3 Å². The fourth-order valence-electron chi connectivity index (χ4n) is 1.80. The van der Waals surface area contributed by atoms with E-state index in [9.17, 15) is 4.79 Å². The number of thiazole rings is 1. The van der Waals surface area contributed by atoms with E-state index in [0.717, 1.165) is 6.42 Å². The van der Waals surface area contributed by atoms with Gasteiger partial charge in [0.25, 0.3) is 5.91 Å². The molecule has 0 radical (unpaired) electrons. The van der Waals surface area contributed by atoms with Crippen LogP contribution in [0.1, 0.15) is 36.9 Å². The molecule has 0 aliphatic rings. The molecule has 20 heavy (non-hydrogen) atoms. The molecule has 6 nitrogen and oxygen atoms in total. The fourth-order valence-corrected chi connectivity index (χ4v) is 2.62. The van der Waals surface area contributed by atoms with Gasteiger partial charge in [-0.25, -0.2) is 4.98 Å². The molecule has 1 unspecified atom stereocenters. The number of rotatable bonds is 8. The van der Waals surface area contributed by atoms with E-state index in [-0.39, 0.29) is 17.8 Å². The molecule has 0 aliphatic heterocycles. The number of nitrogens with two attached hydrogens (primary N) is 1. The van der Waals surface area contributed by atoms with Crippen molar-refractivity contribution in [2.45, 2.75) is 33.2 Å². The third kappa shape index (κ3) is 4.64. The zero-order valence-corrected chi connectivity index (χ0v) is 13.3. The minimum atomic E-state index is -0.152. The minimum Gasteiger partial charge on any atom is -0.383 e. The third-order valence-corrected chi connectivity index (χ3v) is 4.03. The number of methoxy groups -OCH3 is 1. The van der Waals surface area contributed by atoms with Crippen LogP contribution in [0.15, 0.2) is 0 Å². The summed E-state index contributed by atoms with van der Waals surface area (Å²) in [5.74, 6) is 0.503. The van der Waals surface area contributed by atoms with Gasteiger partial charge in [-0.1, -0.05) is 32.1 Å². The van der Waals surface area contributed by atoms with E-state index in [1.54, 1.807) is 7.11 Å². The standard InChI is InChI=1S/C13H24N4O2S/c1-5-9(8(2)3)16-12(18)10-11(14)17-13(20-10)15-6-7-19-4/h8-9H,5-7,14H2,1-4H3,(H,15,17)(H,16,18). The monoisotopic (exact) mass is 300 g/mol. The summed E-state index contributed by atoms with van der Waals surface area (Å²) in [7, 11) is 1.63. The van der Waals surface area contributed by atoms with E-state index < -0.39 is 0 Å². The average Bonchev–Trinajstić information content (AvgIpc) is 2.77. The fraction of sp³-hybridized carbons (Fsp3) is 0.692. The zero-order valence-electron chi connectivity index (χ0n) is 12.5. The average molecular weight is 300 g/mol. The second-order valence-electron chi connectivity index (χ2n) is 4.89. The molecule has 0 spiro atoms. The summed E-state index contributed by atoms with van der Waals surface area (Å²) < 4.78 is 4.95. The van der Waals surface area contributed by atoms with Gasteiger partial charge in [-0.2, -0.15) is 0 Å². The van der Waals surface area contributed by atoms with Gasteiger partial charge in [0.05, 0.1) is 6.61 Å². The Morgan fingerprint density at radius 1 is 1.50 bits per heavy atom. The predicted octanol–water partition coefficient (Wildman–Crippen LogP) is 1.95. The van der Waals surface area contributed by atoms with Crippen molar-refractivity contribution in [3.63, 3.8) is 0 Å². The Morgan fingerprint density at radius 3 is 2.75 bits per heavy atom. The Hall–Kier alpha value is -1.34. The van der Waals surface area contributed by atoms with Crippen molar-refractivity contribution in [1.29, 1.82) is 0 Å². The molecule has 1 aromatic rings. The van der Waals surface area contributed by atoms with E-state index in [4.69, 9.17) is 10.5 Å². The number of ether oxygens (including phenoxy) is 1. The van der Waals surface area contributed by atoms with Gasteiger partial charge in [-0.3, -0.25) is 4.79 Å². The molecule has 1 aromatic heterocycles. The highest BCUT2D eigenvalue weighted by atomic mass is 32.1. The lowest BCUT2D eigenvalue weighted by Crippen LogP contribution is -2.37. The lowest BCUT2D eigenvalue weighted by Gasteiger charge is -2.20. The quantitative estimate of drug-likeness (QED) is 0.639. The Bertz CT molecular complexity index is 434. The van der Waals surface area contributed by atoms with Gasteiger partial charge in [0.1, 0.15) is 10.7 Å². The number of hydrogen-bond acceptors (Lipinski definition) is 6. The minimum absolute atomic E-state index is 0.147. The molecule has 1 amide bonds. The van der Waals surface area contributed by atoms with Crippen LogP contribution in [-0.4, -0.2) is 37.2 Å². The smallest absolute Gasteiger partial charge is 0.265 e. The van der Waals surface area contributed by atoms with Crippen LogP contribution in [0.25, 0.3) is 0 Å². The van der Waals surface area contributed by atoms with E-state index in [1.165, 1.54) is 11.3 Å². The van der Waals surface area contributed by atoms with Crippen LogP contribution >= 0.6 is 11.3 Å². The molecule has 7 heteroatoms. The van der Waals surface area contributed by atoms with Gasteiger partial charge >= 0.3 is 0 Å². The predicted molar refractivity (Wildman–Crippen MR) is 83.3 cm³/mol. The first kappa shape index (κ1) is 16.7. The van der Waals surface area contributed by atoms with E-state index >= 15 is 0 Å². The molecule has 0 fully saturated rings. The molecular formula is C13H24N4O2S. The number of nitrogens with zero attached hydrogens (tertiary/aromatic N) is 1. The van der Waals surface area contributed by atoms with Gasteiger partial charge in [-0.05, 0) is 12.3 Å². The number of amides is 1. The molecule has 1 rings (SSSR count). The maximum atomic E-state index is 12.2. The maximum absolute atomic E-state index is 12.2. The van der Waals surface area contributed by atoms with E-state index in [2.05, 4.69) is 36.4 Å². The molecule has 114 valence electrons. The van der Waals surface area contributed by atoms with Crippen molar-refractivity contribution >= 4 is 28.2 Å². The summed E-state index contributed by atoms with van der Waals surface area (Å²) in [4.78, 5) is 16.8. The van der Waals surface area contributed by atoms with E-state index in [0.29, 0.717) is 29.1 Å². The summed E-state index contributed by atoms with van der Waals surface area (Å²) in [6.07, 6.45) is 0.890. The molecule has 1 atom stereocenters. The Labute approximate surface area is 124 Å². The maximum Gasteiger partial charge on any atom is 0.265 e. The second-order valence-corrected chi connectivity index (χ2v) is 5.88. The van der Waals surface area contributed by atoms with Gasteiger partial charge in [0.2, 0.25) is 0 Å². The largest absolute Gasteiger partial charge is 0.383 e. The Morgan fingerprint density at radius 2 is 2.20 bits per heavy atom. The van der Waals surface area contributed by atoms with Crippen molar-refractivity contribution in [3.05, 3.63) is 4.88 Å². The molecule has 0 bridgehead atoms. The van der Waals surface area contributed by atoms with Crippen molar-refractivity contribution in [2.75, 3.05) is 31.3 Å². The number of aromatic nitrogens is 1. The van der Waals surface area contributed by atoms with Crippen LogP contribution in [0.2, 0.25) is 0 Å². The number of carbonyl (C=O) groups is 1. The molecule has 0 saturated heterocycles.